The second-order valence-electron chi connectivity index (χ2n) is 21.7. The fourth-order valence-corrected chi connectivity index (χ4v) is 9.76. The van der Waals surface area contributed by atoms with Gasteiger partial charge in [-0.25, -0.2) is 0 Å². The third-order valence-electron chi connectivity index (χ3n) is 14.8. The number of amides is 1. The van der Waals surface area contributed by atoms with E-state index in [0.717, 1.165) is 64.2 Å². The van der Waals surface area contributed by atoms with Crippen LogP contribution in [0.25, 0.3) is 0 Å². The zero-order valence-corrected chi connectivity index (χ0v) is 47.6. The van der Waals surface area contributed by atoms with Gasteiger partial charge in [-0.2, -0.15) is 0 Å². The molecule has 1 aliphatic rings. The van der Waals surface area contributed by atoms with Gasteiger partial charge in [0.1, 0.15) is 36.6 Å². The summed E-state index contributed by atoms with van der Waals surface area (Å²) in [6, 6.07) is -1.20. The molecule has 9 unspecified atom stereocenters. The molecular weight excluding hydrogens is 931 g/mol. The van der Waals surface area contributed by atoms with Gasteiger partial charge in [0, 0.05) is 0 Å². The zero-order valence-electron chi connectivity index (χ0n) is 47.6. The van der Waals surface area contributed by atoms with E-state index in [4.69, 9.17) is 9.47 Å². The van der Waals surface area contributed by atoms with Crippen LogP contribution in [-0.2, 0) is 14.3 Å². The Kier molecular flexibility index (Phi) is 49.1. The molecule has 1 aliphatic heterocycles. The van der Waals surface area contributed by atoms with Crippen LogP contribution >= 0.6 is 0 Å². The van der Waals surface area contributed by atoms with Gasteiger partial charge >= 0.3 is 0 Å². The molecule has 434 valence electrons. The molecule has 1 heterocycles. The highest BCUT2D eigenvalue weighted by molar-refractivity contribution is 5.80. The van der Waals surface area contributed by atoms with Crippen molar-refractivity contribution in [1.82, 2.24) is 5.32 Å². The van der Waals surface area contributed by atoms with E-state index in [9.17, 15) is 40.5 Å². The highest BCUT2D eigenvalue weighted by Gasteiger charge is 2.44. The topological polar surface area (TPSA) is 189 Å². The van der Waals surface area contributed by atoms with E-state index >= 15 is 0 Å². The maximum absolute atomic E-state index is 13.2. The van der Waals surface area contributed by atoms with Crippen molar-refractivity contribution in [2.45, 2.75) is 332 Å². The lowest BCUT2D eigenvalue weighted by Gasteiger charge is -2.40. The molecule has 0 aromatic heterocycles. The van der Waals surface area contributed by atoms with Crippen LogP contribution in [0, 0.1) is 0 Å². The third-order valence-corrected chi connectivity index (χ3v) is 14.8. The molecule has 74 heavy (non-hydrogen) atoms. The molecule has 8 N–H and O–H groups in total. The molecule has 9 atom stereocenters. The van der Waals surface area contributed by atoms with Gasteiger partial charge in [0.25, 0.3) is 0 Å². The fourth-order valence-electron chi connectivity index (χ4n) is 9.76. The van der Waals surface area contributed by atoms with Crippen LogP contribution in [0.4, 0.5) is 0 Å². The predicted octanol–water partition coefficient (Wildman–Crippen LogP) is 13.6. The number of aliphatic hydroxyl groups is 7. The minimum atomic E-state index is -1.68. The summed E-state index contributed by atoms with van der Waals surface area (Å²) >= 11 is 0. The number of unbranched alkanes of at least 4 members (excludes halogenated alkanes) is 33. The fraction of sp³-hybridized carbons (Fsp3) is 0.857. The Morgan fingerprint density at radius 2 is 0.811 bits per heavy atom. The Hall–Kier alpha value is -1.93. The molecule has 0 aromatic carbocycles. The average Bonchev–Trinajstić information content (AvgIpc) is 3.40. The molecule has 1 fully saturated rings. The van der Waals surface area contributed by atoms with Crippen molar-refractivity contribution in [2.75, 3.05) is 13.2 Å². The number of ether oxygens (including phenoxy) is 2. The minimum Gasteiger partial charge on any atom is -0.394 e. The van der Waals surface area contributed by atoms with Crippen molar-refractivity contribution < 1.29 is 50.0 Å². The van der Waals surface area contributed by atoms with Gasteiger partial charge in [-0.3, -0.25) is 4.79 Å². The van der Waals surface area contributed by atoms with Crippen LogP contribution in [0.3, 0.4) is 0 Å². The summed E-state index contributed by atoms with van der Waals surface area (Å²) in [5, 5.41) is 76.2. The molecule has 0 saturated carbocycles. The van der Waals surface area contributed by atoms with Crippen molar-refractivity contribution in [1.29, 1.82) is 0 Å². The minimum absolute atomic E-state index is 0.239. The normalized spacial score (nSPS) is 20.1. The predicted molar refractivity (Wildman–Crippen MR) is 307 cm³/mol. The quantitative estimate of drug-likeness (QED) is 0.0215. The van der Waals surface area contributed by atoms with Crippen LogP contribution in [0.1, 0.15) is 277 Å². The first-order valence-corrected chi connectivity index (χ1v) is 31.0. The molecule has 0 bridgehead atoms. The van der Waals surface area contributed by atoms with Crippen LogP contribution in [0.15, 0.2) is 48.6 Å². The smallest absolute Gasteiger partial charge is 0.249 e. The van der Waals surface area contributed by atoms with Gasteiger partial charge in [-0.1, -0.05) is 236 Å². The molecule has 0 spiro atoms. The number of aliphatic hydroxyl groups excluding tert-OH is 7. The first kappa shape index (κ1) is 70.1. The standard InChI is InChI=1S/C63H117NO10/c1-3-5-7-9-11-13-15-17-19-21-23-24-25-26-27-28-29-30-31-32-33-35-36-38-40-42-44-46-48-50-55(66)58(68)54(53-73-63-61(71)60(70)59(69)57(52-65)74-63)64-62(72)56(67)51-49-47-45-43-41-39-37-34-22-20-18-16-14-12-10-8-6-4-2/h22,30-31,34-36,42,44,54-61,63,65-71H,3-21,23-29,32-33,37-41,43,45-53H2,1-2H3,(H,64,72)/b31-30+,34-22-,36-35+,44-42+. The van der Waals surface area contributed by atoms with Gasteiger partial charge in [-0.05, 0) is 89.9 Å². The van der Waals surface area contributed by atoms with E-state index in [1.165, 1.54) is 167 Å². The lowest BCUT2D eigenvalue weighted by atomic mass is 9.98. The Morgan fingerprint density at radius 3 is 1.20 bits per heavy atom. The Bertz CT molecular complexity index is 1340. The van der Waals surface area contributed by atoms with Crippen LogP contribution in [0.5, 0.6) is 0 Å². The number of carbonyl (C=O) groups excluding carboxylic acids is 1. The van der Waals surface area contributed by atoms with Crippen molar-refractivity contribution in [3.05, 3.63) is 48.6 Å². The van der Waals surface area contributed by atoms with E-state index < -0.39 is 74.2 Å². The van der Waals surface area contributed by atoms with E-state index in [1.807, 2.05) is 0 Å². The first-order valence-electron chi connectivity index (χ1n) is 31.0. The third kappa shape index (κ3) is 39.4. The van der Waals surface area contributed by atoms with Gasteiger partial charge in [0.2, 0.25) is 5.91 Å². The molecular formula is C63H117NO10. The Morgan fingerprint density at radius 1 is 0.459 bits per heavy atom. The van der Waals surface area contributed by atoms with Crippen molar-refractivity contribution in [3.8, 4) is 0 Å². The molecule has 0 aliphatic carbocycles. The molecule has 11 heteroatoms. The maximum Gasteiger partial charge on any atom is 0.249 e. The lowest BCUT2D eigenvalue weighted by Crippen LogP contribution is -2.60. The summed E-state index contributed by atoms with van der Waals surface area (Å²) in [6.07, 6.45) is 54.6. The van der Waals surface area contributed by atoms with Crippen LogP contribution in [0.2, 0.25) is 0 Å². The Labute approximate surface area is 453 Å². The second kappa shape index (κ2) is 51.8. The van der Waals surface area contributed by atoms with E-state index in [-0.39, 0.29) is 12.8 Å². The number of hydrogen-bond donors (Lipinski definition) is 8. The molecule has 0 radical (unpaired) electrons. The molecule has 11 nitrogen and oxygen atoms in total. The Balaban J connectivity index is 2.31. The average molecular weight is 1050 g/mol. The van der Waals surface area contributed by atoms with Crippen LogP contribution < -0.4 is 5.32 Å². The molecule has 0 aromatic rings. The largest absolute Gasteiger partial charge is 0.394 e. The lowest BCUT2D eigenvalue weighted by molar-refractivity contribution is -0.303. The highest BCUT2D eigenvalue weighted by Crippen LogP contribution is 2.23. The molecule has 1 saturated heterocycles. The number of allylic oxidation sites excluding steroid dienone is 8. The molecule has 1 rings (SSSR count). The summed E-state index contributed by atoms with van der Waals surface area (Å²) in [5.41, 5.74) is 0. The molecule has 1 amide bonds. The van der Waals surface area contributed by atoms with Crippen molar-refractivity contribution >= 4 is 5.91 Å². The van der Waals surface area contributed by atoms with Crippen molar-refractivity contribution in [2.24, 2.45) is 0 Å². The SMILES string of the molecule is CCCCCCCCCC/C=C\CCCCCCCCC(O)C(=O)NC(COC1OC(CO)C(O)C(O)C1O)C(O)C(O)CCC/C=C/CC/C=C/CC/C=C/CCCCCCCCCCCCCCCCCC. The van der Waals surface area contributed by atoms with Gasteiger partial charge in [-0.15, -0.1) is 0 Å². The number of rotatable bonds is 53. The van der Waals surface area contributed by atoms with E-state index in [2.05, 4.69) is 67.8 Å². The maximum atomic E-state index is 13.2. The van der Waals surface area contributed by atoms with Crippen molar-refractivity contribution in [3.63, 3.8) is 0 Å². The summed E-state index contributed by atoms with van der Waals surface area (Å²) in [6.45, 7) is 3.45. The first-order chi connectivity index (χ1) is 36.2. The second-order valence-corrected chi connectivity index (χ2v) is 21.7. The van der Waals surface area contributed by atoms with E-state index in [0.29, 0.717) is 19.3 Å². The van der Waals surface area contributed by atoms with E-state index in [1.54, 1.807) is 0 Å². The van der Waals surface area contributed by atoms with Gasteiger partial charge in [0.15, 0.2) is 6.29 Å². The monoisotopic (exact) mass is 1050 g/mol. The summed E-state index contributed by atoms with van der Waals surface area (Å²) in [7, 11) is 0. The van der Waals surface area contributed by atoms with Gasteiger partial charge in [0.05, 0.1) is 25.4 Å². The number of carbonyl (C=O) groups is 1. The summed E-state index contributed by atoms with van der Waals surface area (Å²) in [4.78, 5) is 13.2. The number of hydrogen-bond acceptors (Lipinski definition) is 10. The summed E-state index contributed by atoms with van der Waals surface area (Å²) in [5.74, 6) is -0.716. The van der Waals surface area contributed by atoms with Crippen LogP contribution in [-0.4, -0.2) is 110 Å². The summed E-state index contributed by atoms with van der Waals surface area (Å²) < 4.78 is 11.1. The van der Waals surface area contributed by atoms with Gasteiger partial charge < -0.3 is 50.5 Å². The highest BCUT2D eigenvalue weighted by atomic mass is 16.7. The zero-order chi connectivity index (χ0) is 54.0. The number of nitrogens with one attached hydrogen (secondary N) is 1.